The van der Waals surface area contributed by atoms with Crippen LogP contribution in [0.2, 0.25) is 0 Å². The number of aliphatic hydroxyl groups excluding tert-OH is 1. The molecule has 28 heavy (non-hydrogen) atoms. The maximum atomic E-state index is 14.7. The molecule has 2 aromatic rings. The first kappa shape index (κ1) is 17.6. The third-order valence-electron chi connectivity index (χ3n) is 5.71. The molecule has 1 saturated heterocycles. The van der Waals surface area contributed by atoms with Gasteiger partial charge in [-0.2, -0.15) is 0 Å². The Labute approximate surface area is 160 Å². The number of nitrogens with zero attached hydrogens (tertiary/aromatic N) is 3. The van der Waals surface area contributed by atoms with Gasteiger partial charge in [-0.15, -0.1) is 0 Å². The van der Waals surface area contributed by atoms with Crippen LogP contribution in [-0.4, -0.2) is 46.1 Å². The van der Waals surface area contributed by atoms with Crippen LogP contribution >= 0.6 is 0 Å². The quantitative estimate of drug-likeness (QED) is 0.846. The molecular weight excluding hydrogens is 366 g/mol. The van der Waals surface area contributed by atoms with Crippen LogP contribution in [0.4, 0.5) is 20.4 Å². The molecule has 0 spiro atoms. The minimum Gasteiger partial charge on any atom is -0.389 e. The molecule has 6 nitrogen and oxygen atoms in total. The number of rotatable bonds is 3. The lowest BCUT2D eigenvalue weighted by molar-refractivity contribution is -0.0136. The highest BCUT2D eigenvalue weighted by Crippen LogP contribution is 2.46. The summed E-state index contributed by atoms with van der Waals surface area (Å²) < 4.78 is 34.4. The van der Waals surface area contributed by atoms with Gasteiger partial charge in [-0.1, -0.05) is 0 Å². The molecule has 1 aliphatic carbocycles. The van der Waals surface area contributed by atoms with Crippen LogP contribution in [-0.2, 0) is 4.74 Å². The Morgan fingerprint density at radius 2 is 2.07 bits per heavy atom. The summed E-state index contributed by atoms with van der Waals surface area (Å²) in [5.41, 5.74) is 2.61. The second-order valence-corrected chi connectivity index (χ2v) is 7.52. The number of aliphatic hydroxyl groups is 1. The van der Waals surface area contributed by atoms with Crippen LogP contribution in [0.1, 0.15) is 37.2 Å². The number of hydrogen-bond donors (Lipinski definition) is 2. The largest absolute Gasteiger partial charge is 0.389 e. The Bertz CT molecular complexity index is 965. The van der Waals surface area contributed by atoms with Crippen molar-refractivity contribution < 1.29 is 18.6 Å². The Balaban J connectivity index is 1.48. The number of benzene rings is 1. The van der Waals surface area contributed by atoms with Gasteiger partial charge in [-0.25, -0.2) is 18.7 Å². The van der Waals surface area contributed by atoms with Crippen molar-refractivity contribution in [3.05, 3.63) is 35.5 Å². The van der Waals surface area contributed by atoms with Gasteiger partial charge in [0.2, 0.25) is 5.95 Å². The maximum absolute atomic E-state index is 14.7. The summed E-state index contributed by atoms with van der Waals surface area (Å²) in [6, 6.07) is 2.80. The first-order valence-corrected chi connectivity index (χ1v) is 9.56. The number of fused-ring (bicyclic) bond motifs is 3. The highest BCUT2D eigenvalue weighted by Gasteiger charge is 2.33. The van der Waals surface area contributed by atoms with Crippen LogP contribution in [0.3, 0.4) is 0 Å². The van der Waals surface area contributed by atoms with E-state index < -0.39 is 17.7 Å². The van der Waals surface area contributed by atoms with Crippen molar-refractivity contribution in [1.82, 2.24) is 9.97 Å². The van der Waals surface area contributed by atoms with Crippen LogP contribution in [0, 0.1) is 11.6 Å². The normalized spacial score (nSPS) is 26.0. The van der Waals surface area contributed by atoms with E-state index in [4.69, 9.17) is 4.74 Å². The number of hydrogen-bond acceptors (Lipinski definition) is 6. The molecule has 1 saturated carbocycles. The van der Waals surface area contributed by atoms with E-state index in [2.05, 4.69) is 20.3 Å². The van der Waals surface area contributed by atoms with Gasteiger partial charge in [0.05, 0.1) is 24.9 Å². The molecule has 1 aromatic carbocycles. The molecule has 0 amide bonds. The molecule has 3 aliphatic rings. The lowest BCUT2D eigenvalue weighted by atomic mass is 9.95. The minimum atomic E-state index is -0.693. The predicted octanol–water partition coefficient (Wildman–Crippen LogP) is 3.34. The second-order valence-electron chi connectivity index (χ2n) is 7.52. The van der Waals surface area contributed by atoms with Gasteiger partial charge in [-0.05, 0) is 43.4 Å². The number of halogens is 2. The molecule has 5 rings (SSSR count). The van der Waals surface area contributed by atoms with E-state index in [0.717, 1.165) is 36.7 Å². The van der Waals surface area contributed by atoms with Crippen LogP contribution in [0.5, 0.6) is 0 Å². The smallest absolute Gasteiger partial charge is 0.223 e. The van der Waals surface area contributed by atoms with E-state index >= 15 is 0 Å². The SMILES string of the molecule is O[C@@H]1COCC[C@H]1Nc1ncc(F)c(-c2cc(F)c3c(c2)C2CCCC2=N3)n1. The molecule has 3 heterocycles. The van der Waals surface area contributed by atoms with Gasteiger partial charge >= 0.3 is 0 Å². The fourth-order valence-electron chi connectivity index (χ4n) is 4.28. The van der Waals surface area contributed by atoms with Crippen molar-refractivity contribution in [2.75, 3.05) is 18.5 Å². The van der Waals surface area contributed by atoms with E-state index in [1.807, 2.05) is 0 Å². The van der Waals surface area contributed by atoms with E-state index in [1.54, 1.807) is 6.07 Å². The van der Waals surface area contributed by atoms with E-state index in [-0.39, 0.29) is 30.2 Å². The summed E-state index contributed by atoms with van der Waals surface area (Å²) in [4.78, 5) is 12.7. The number of anilines is 1. The van der Waals surface area contributed by atoms with Gasteiger partial charge in [0, 0.05) is 23.8 Å². The van der Waals surface area contributed by atoms with Gasteiger partial charge < -0.3 is 15.2 Å². The molecule has 146 valence electrons. The summed E-state index contributed by atoms with van der Waals surface area (Å²) in [5, 5.41) is 13.1. The van der Waals surface area contributed by atoms with Crippen molar-refractivity contribution in [2.24, 2.45) is 4.99 Å². The molecule has 2 N–H and O–H groups in total. The summed E-state index contributed by atoms with van der Waals surface area (Å²) in [5.74, 6) is -0.754. The predicted molar refractivity (Wildman–Crippen MR) is 99.9 cm³/mol. The molecule has 0 radical (unpaired) electrons. The van der Waals surface area contributed by atoms with Crippen molar-refractivity contribution in [2.45, 2.75) is 43.7 Å². The second kappa shape index (κ2) is 6.86. The van der Waals surface area contributed by atoms with Crippen LogP contribution in [0.15, 0.2) is 23.3 Å². The molecule has 2 fully saturated rings. The van der Waals surface area contributed by atoms with E-state index in [1.165, 1.54) is 6.07 Å². The van der Waals surface area contributed by atoms with Crippen LogP contribution < -0.4 is 5.32 Å². The first-order valence-electron chi connectivity index (χ1n) is 9.56. The molecule has 2 aliphatic heterocycles. The Hall–Kier alpha value is -2.45. The number of aromatic nitrogens is 2. The van der Waals surface area contributed by atoms with Crippen molar-refractivity contribution in [3.8, 4) is 11.3 Å². The third-order valence-corrected chi connectivity index (χ3v) is 5.71. The summed E-state index contributed by atoms with van der Waals surface area (Å²) in [6.45, 7) is 0.744. The van der Waals surface area contributed by atoms with Gasteiger partial charge in [0.25, 0.3) is 0 Å². The fourth-order valence-corrected chi connectivity index (χ4v) is 4.28. The van der Waals surface area contributed by atoms with Gasteiger partial charge in [0.15, 0.2) is 5.82 Å². The fraction of sp³-hybridized carbons (Fsp3) is 0.450. The van der Waals surface area contributed by atoms with Crippen molar-refractivity contribution in [3.63, 3.8) is 0 Å². The van der Waals surface area contributed by atoms with E-state index in [0.29, 0.717) is 24.3 Å². The Morgan fingerprint density at radius 1 is 1.18 bits per heavy atom. The third kappa shape index (κ3) is 2.97. The minimum absolute atomic E-state index is 0.0344. The van der Waals surface area contributed by atoms with Gasteiger partial charge in [-0.3, -0.25) is 4.99 Å². The Kier molecular flexibility index (Phi) is 4.32. The van der Waals surface area contributed by atoms with Crippen molar-refractivity contribution in [1.29, 1.82) is 0 Å². The molecule has 1 aromatic heterocycles. The number of aliphatic imine (C=N–C) groups is 1. The lowest BCUT2D eigenvalue weighted by Gasteiger charge is -2.28. The summed E-state index contributed by atoms with van der Waals surface area (Å²) in [6.07, 6.45) is 3.83. The highest BCUT2D eigenvalue weighted by molar-refractivity contribution is 6.00. The molecule has 0 bridgehead atoms. The highest BCUT2D eigenvalue weighted by atomic mass is 19.1. The molecule has 1 unspecified atom stereocenters. The summed E-state index contributed by atoms with van der Waals surface area (Å²) >= 11 is 0. The zero-order chi connectivity index (χ0) is 19.3. The lowest BCUT2D eigenvalue weighted by Crippen LogP contribution is -2.42. The van der Waals surface area contributed by atoms with Crippen LogP contribution in [0.25, 0.3) is 11.3 Å². The maximum Gasteiger partial charge on any atom is 0.223 e. The first-order chi connectivity index (χ1) is 13.6. The number of nitrogens with one attached hydrogen (secondary N) is 1. The zero-order valence-corrected chi connectivity index (χ0v) is 15.2. The topological polar surface area (TPSA) is 79.6 Å². The van der Waals surface area contributed by atoms with E-state index in [9.17, 15) is 13.9 Å². The monoisotopic (exact) mass is 386 g/mol. The average molecular weight is 386 g/mol. The summed E-state index contributed by atoms with van der Waals surface area (Å²) in [7, 11) is 0. The molecule has 8 heteroatoms. The molecular formula is C20H20F2N4O2. The molecule has 3 atom stereocenters. The zero-order valence-electron chi connectivity index (χ0n) is 15.2. The average Bonchev–Trinajstić information content (AvgIpc) is 3.27. The number of ether oxygens (including phenoxy) is 1. The standard InChI is InChI=1S/C20H20F2N4O2/c21-13-7-10(6-12-11-2-1-3-15(11)24-19(12)13)18-14(22)8-23-20(26-18)25-16-4-5-28-9-17(16)27/h6-8,11,16-17,27H,1-5,9H2,(H,23,25,26)/t11?,16-,17-/m1/s1. The Morgan fingerprint density at radius 3 is 2.93 bits per heavy atom. The van der Waals surface area contributed by atoms with Gasteiger partial charge in [0.1, 0.15) is 17.2 Å². The van der Waals surface area contributed by atoms with Crippen molar-refractivity contribution >= 4 is 17.3 Å².